The van der Waals surface area contributed by atoms with Crippen LogP contribution in [0.15, 0.2) is 24.3 Å². The summed E-state index contributed by atoms with van der Waals surface area (Å²) in [5, 5.41) is 3.48. The number of ether oxygens (including phenoxy) is 1. The first-order chi connectivity index (χ1) is 8.81. The van der Waals surface area contributed by atoms with E-state index in [-0.39, 0.29) is 0 Å². The van der Waals surface area contributed by atoms with E-state index in [1.54, 1.807) is 7.11 Å². The van der Waals surface area contributed by atoms with E-state index in [1.165, 1.54) is 25.7 Å². The van der Waals surface area contributed by atoms with Gasteiger partial charge in [0, 0.05) is 12.6 Å². The molecule has 0 radical (unpaired) electrons. The van der Waals surface area contributed by atoms with Crippen LogP contribution in [0.5, 0.6) is 5.75 Å². The summed E-state index contributed by atoms with van der Waals surface area (Å²) in [6.45, 7) is 2.89. The van der Waals surface area contributed by atoms with Gasteiger partial charge >= 0.3 is 0 Å². The standard InChI is InChI=1S/C15H26N2O/c1-3-4-5-6-9-13(12-16)17-14-10-7-8-11-15(14)18-2/h7-8,10-11,13,17H,3-6,9,12,16H2,1-2H3. The number of anilines is 1. The Labute approximate surface area is 111 Å². The van der Waals surface area contributed by atoms with Crippen molar-refractivity contribution in [2.45, 2.75) is 45.1 Å². The highest BCUT2D eigenvalue weighted by Gasteiger charge is 2.08. The quantitative estimate of drug-likeness (QED) is 0.660. The number of hydrogen-bond acceptors (Lipinski definition) is 3. The van der Waals surface area contributed by atoms with Crippen LogP contribution >= 0.6 is 0 Å². The average molecular weight is 250 g/mol. The number of nitrogens with one attached hydrogen (secondary N) is 1. The van der Waals surface area contributed by atoms with E-state index in [4.69, 9.17) is 10.5 Å². The molecule has 0 aromatic heterocycles. The first-order valence-electron chi connectivity index (χ1n) is 6.91. The summed E-state index contributed by atoms with van der Waals surface area (Å²) in [7, 11) is 1.69. The van der Waals surface area contributed by atoms with Crippen LogP contribution in [0.3, 0.4) is 0 Å². The summed E-state index contributed by atoms with van der Waals surface area (Å²) in [6, 6.07) is 8.32. The molecule has 0 saturated heterocycles. The lowest BCUT2D eigenvalue weighted by molar-refractivity contribution is 0.415. The molecule has 0 bridgehead atoms. The predicted molar refractivity (Wildman–Crippen MR) is 78.2 cm³/mol. The minimum Gasteiger partial charge on any atom is -0.495 e. The minimum absolute atomic E-state index is 0.332. The van der Waals surface area contributed by atoms with Gasteiger partial charge in [0.05, 0.1) is 12.8 Å². The largest absolute Gasteiger partial charge is 0.495 e. The number of para-hydroxylation sites is 2. The first kappa shape index (κ1) is 14.8. The Kier molecular flexibility index (Phi) is 7.26. The van der Waals surface area contributed by atoms with Crippen molar-refractivity contribution in [3.63, 3.8) is 0 Å². The number of nitrogens with two attached hydrogens (primary N) is 1. The molecule has 3 nitrogen and oxygen atoms in total. The van der Waals surface area contributed by atoms with E-state index < -0.39 is 0 Å². The van der Waals surface area contributed by atoms with Crippen LogP contribution < -0.4 is 15.8 Å². The van der Waals surface area contributed by atoms with Gasteiger partial charge in [0.25, 0.3) is 0 Å². The second-order valence-corrected chi connectivity index (χ2v) is 4.63. The smallest absolute Gasteiger partial charge is 0.141 e. The topological polar surface area (TPSA) is 47.3 Å². The Morgan fingerprint density at radius 3 is 2.67 bits per heavy atom. The number of methoxy groups -OCH3 is 1. The fourth-order valence-electron chi connectivity index (χ4n) is 2.05. The zero-order valence-electron chi connectivity index (χ0n) is 11.6. The highest BCUT2D eigenvalue weighted by Crippen LogP contribution is 2.24. The highest BCUT2D eigenvalue weighted by molar-refractivity contribution is 5.56. The average Bonchev–Trinajstić information content (AvgIpc) is 2.42. The van der Waals surface area contributed by atoms with Crippen molar-refractivity contribution < 1.29 is 4.74 Å². The molecule has 0 aliphatic carbocycles. The zero-order chi connectivity index (χ0) is 13.2. The Bertz CT molecular complexity index is 328. The monoisotopic (exact) mass is 250 g/mol. The summed E-state index contributed by atoms with van der Waals surface area (Å²) in [5.74, 6) is 0.879. The van der Waals surface area contributed by atoms with Gasteiger partial charge in [-0.15, -0.1) is 0 Å². The minimum atomic E-state index is 0.332. The molecule has 0 heterocycles. The number of benzene rings is 1. The van der Waals surface area contributed by atoms with Gasteiger partial charge in [-0.25, -0.2) is 0 Å². The van der Waals surface area contributed by atoms with Gasteiger partial charge < -0.3 is 15.8 Å². The van der Waals surface area contributed by atoms with Crippen molar-refractivity contribution >= 4 is 5.69 Å². The van der Waals surface area contributed by atoms with Gasteiger partial charge in [-0.3, -0.25) is 0 Å². The molecular weight excluding hydrogens is 224 g/mol. The van der Waals surface area contributed by atoms with Crippen LogP contribution in [-0.2, 0) is 0 Å². The maximum Gasteiger partial charge on any atom is 0.141 e. The van der Waals surface area contributed by atoms with Crippen LogP contribution in [-0.4, -0.2) is 19.7 Å². The lowest BCUT2D eigenvalue weighted by Crippen LogP contribution is -2.28. The van der Waals surface area contributed by atoms with Crippen molar-refractivity contribution in [1.29, 1.82) is 0 Å². The number of rotatable bonds is 9. The van der Waals surface area contributed by atoms with Crippen LogP contribution in [0.4, 0.5) is 5.69 Å². The molecule has 0 aliphatic heterocycles. The Morgan fingerprint density at radius 2 is 2.00 bits per heavy atom. The molecule has 1 unspecified atom stereocenters. The lowest BCUT2D eigenvalue weighted by atomic mass is 10.1. The fraction of sp³-hybridized carbons (Fsp3) is 0.600. The summed E-state index contributed by atoms with van der Waals surface area (Å²) < 4.78 is 5.33. The van der Waals surface area contributed by atoms with E-state index in [0.29, 0.717) is 12.6 Å². The third-order valence-corrected chi connectivity index (χ3v) is 3.16. The van der Waals surface area contributed by atoms with Gasteiger partial charge in [0.1, 0.15) is 5.75 Å². The van der Waals surface area contributed by atoms with Gasteiger partial charge in [0.2, 0.25) is 0 Å². The van der Waals surface area contributed by atoms with E-state index in [1.807, 2.05) is 24.3 Å². The van der Waals surface area contributed by atoms with E-state index in [2.05, 4.69) is 12.2 Å². The van der Waals surface area contributed by atoms with Crippen molar-refractivity contribution in [1.82, 2.24) is 0 Å². The molecule has 0 aliphatic rings. The molecule has 1 atom stereocenters. The van der Waals surface area contributed by atoms with Crippen molar-refractivity contribution in [2.24, 2.45) is 5.73 Å². The summed E-state index contributed by atoms with van der Waals surface area (Å²) in [5.41, 5.74) is 6.86. The predicted octanol–water partition coefficient (Wildman–Crippen LogP) is 3.40. The van der Waals surface area contributed by atoms with Crippen LogP contribution in [0.2, 0.25) is 0 Å². The molecule has 1 rings (SSSR count). The van der Waals surface area contributed by atoms with Crippen molar-refractivity contribution in [3.8, 4) is 5.75 Å². The summed E-state index contributed by atoms with van der Waals surface area (Å²) >= 11 is 0. The number of hydrogen-bond donors (Lipinski definition) is 2. The Hall–Kier alpha value is -1.22. The SMILES string of the molecule is CCCCCCC(CN)Nc1ccccc1OC. The second kappa shape index (κ2) is 8.81. The molecule has 0 spiro atoms. The first-order valence-corrected chi connectivity index (χ1v) is 6.91. The molecular formula is C15H26N2O. The Morgan fingerprint density at radius 1 is 1.22 bits per heavy atom. The molecule has 1 aromatic rings. The van der Waals surface area contributed by atoms with Crippen LogP contribution in [0.1, 0.15) is 39.0 Å². The zero-order valence-corrected chi connectivity index (χ0v) is 11.6. The van der Waals surface area contributed by atoms with E-state index in [9.17, 15) is 0 Å². The van der Waals surface area contributed by atoms with Crippen molar-refractivity contribution in [3.05, 3.63) is 24.3 Å². The summed E-state index contributed by atoms with van der Waals surface area (Å²) in [4.78, 5) is 0. The van der Waals surface area contributed by atoms with E-state index in [0.717, 1.165) is 17.9 Å². The molecule has 102 valence electrons. The molecule has 0 saturated carbocycles. The maximum atomic E-state index is 5.82. The fourth-order valence-corrected chi connectivity index (χ4v) is 2.05. The third-order valence-electron chi connectivity index (χ3n) is 3.16. The molecule has 18 heavy (non-hydrogen) atoms. The second-order valence-electron chi connectivity index (χ2n) is 4.63. The normalized spacial score (nSPS) is 12.2. The maximum absolute atomic E-state index is 5.82. The molecule has 1 aromatic carbocycles. The van der Waals surface area contributed by atoms with Gasteiger partial charge in [-0.1, -0.05) is 44.7 Å². The van der Waals surface area contributed by atoms with Crippen molar-refractivity contribution in [2.75, 3.05) is 19.0 Å². The molecule has 3 heteroatoms. The number of unbranched alkanes of at least 4 members (excludes halogenated alkanes) is 3. The van der Waals surface area contributed by atoms with Crippen LogP contribution in [0, 0.1) is 0 Å². The molecule has 0 fully saturated rings. The summed E-state index contributed by atoms with van der Waals surface area (Å²) in [6.07, 6.45) is 6.23. The molecule has 0 amide bonds. The Balaban J connectivity index is 2.46. The lowest BCUT2D eigenvalue weighted by Gasteiger charge is -2.19. The third kappa shape index (κ3) is 4.96. The molecule has 3 N–H and O–H groups in total. The van der Waals surface area contributed by atoms with E-state index >= 15 is 0 Å². The van der Waals surface area contributed by atoms with Gasteiger partial charge in [-0.05, 0) is 18.6 Å². The van der Waals surface area contributed by atoms with Crippen LogP contribution in [0.25, 0.3) is 0 Å². The highest BCUT2D eigenvalue weighted by atomic mass is 16.5. The van der Waals surface area contributed by atoms with Gasteiger partial charge in [0.15, 0.2) is 0 Å². The van der Waals surface area contributed by atoms with Gasteiger partial charge in [-0.2, -0.15) is 0 Å².